The molecular weight excluding hydrogens is 409 g/mol. The number of ether oxygens (including phenoxy) is 1. The summed E-state index contributed by atoms with van der Waals surface area (Å²) in [6.07, 6.45) is -3.72. The Balaban J connectivity index is 1.69. The Bertz CT molecular complexity index is 984. The topological polar surface area (TPSA) is 69.5 Å². The molecule has 1 aromatic carbocycles. The van der Waals surface area contributed by atoms with Gasteiger partial charge in [-0.1, -0.05) is 12.1 Å². The van der Waals surface area contributed by atoms with Gasteiger partial charge in [-0.15, -0.1) is 0 Å². The molecule has 0 spiro atoms. The van der Waals surface area contributed by atoms with Gasteiger partial charge in [0.25, 0.3) is 0 Å². The molecule has 3 rings (SSSR count). The van der Waals surface area contributed by atoms with Crippen LogP contribution in [0.4, 0.5) is 23.7 Å². The highest BCUT2D eigenvalue weighted by Crippen LogP contribution is 2.34. The van der Waals surface area contributed by atoms with Crippen molar-refractivity contribution in [2.24, 2.45) is 0 Å². The summed E-state index contributed by atoms with van der Waals surface area (Å²) in [5.41, 5.74) is -0.474. The molecule has 1 fully saturated rings. The molecule has 0 unspecified atom stereocenters. The van der Waals surface area contributed by atoms with Crippen molar-refractivity contribution in [2.75, 3.05) is 31.1 Å². The fourth-order valence-electron chi connectivity index (χ4n) is 3.27. The average molecular weight is 432 g/mol. The molecule has 6 nitrogen and oxygen atoms in total. The summed E-state index contributed by atoms with van der Waals surface area (Å²) in [6.45, 7) is 7.75. The maximum Gasteiger partial charge on any atom is 0.419 e. The second-order valence-corrected chi connectivity index (χ2v) is 8.23. The molecule has 1 aromatic heterocycles. The van der Waals surface area contributed by atoms with E-state index in [0.29, 0.717) is 31.7 Å². The molecule has 2 heterocycles. The second-order valence-electron chi connectivity index (χ2n) is 8.23. The Kier molecular flexibility index (Phi) is 6.11. The average Bonchev–Trinajstić information content (AvgIpc) is 2.71. The quantitative estimate of drug-likeness (QED) is 0.688. The number of hydrogen-bond donors (Lipinski definition) is 0. The lowest BCUT2D eigenvalue weighted by atomic mass is 10.0. The number of amides is 1. The van der Waals surface area contributed by atoms with Gasteiger partial charge in [0.15, 0.2) is 5.69 Å². The van der Waals surface area contributed by atoms with Crippen LogP contribution in [0.25, 0.3) is 11.1 Å². The van der Waals surface area contributed by atoms with Crippen molar-refractivity contribution >= 4 is 11.8 Å². The van der Waals surface area contributed by atoms with Gasteiger partial charge in [0.1, 0.15) is 11.7 Å². The smallest absolute Gasteiger partial charge is 0.419 e. The summed E-state index contributed by atoms with van der Waals surface area (Å²) >= 11 is 0. The fourth-order valence-corrected chi connectivity index (χ4v) is 3.27. The zero-order chi connectivity index (χ0) is 22.8. The van der Waals surface area contributed by atoms with Crippen LogP contribution in [0.15, 0.2) is 36.5 Å². The van der Waals surface area contributed by atoms with Gasteiger partial charge < -0.3 is 14.5 Å². The molecule has 0 saturated carbocycles. The number of piperazine rings is 1. The summed E-state index contributed by atoms with van der Waals surface area (Å²) in [5.74, 6) is 0. The third kappa shape index (κ3) is 5.45. The predicted octanol–water partition coefficient (Wildman–Crippen LogP) is 4.70. The van der Waals surface area contributed by atoms with E-state index in [1.807, 2.05) is 32.9 Å². The van der Waals surface area contributed by atoms with Crippen molar-refractivity contribution in [3.8, 4) is 17.2 Å². The first kappa shape index (κ1) is 22.4. The van der Waals surface area contributed by atoms with Crippen LogP contribution in [0.2, 0.25) is 0 Å². The predicted molar refractivity (Wildman–Crippen MR) is 109 cm³/mol. The summed E-state index contributed by atoms with van der Waals surface area (Å²) < 4.78 is 44.9. The number of aromatic nitrogens is 1. The molecule has 0 bridgehead atoms. The lowest BCUT2D eigenvalue weighted by Crippen LogP contribution is -2.50. The lowest BCUT2D eigenvalue weighted by Gasteiger charge is -2.36. The van der Waals surface area contributed by atoms with Gasteiger partial charge in [0.05, 0.1) is 5.56 Å². The van der Waals surface area contributed by atoms with Gasteiger partial charge in [-0.25, -0.2) is 9.78 Å². The minimum Gasteiger partial charge on any atom is -0.444 e. The van der Waals surface area contributed by atoms with Crippen LogP contribution in [0, 0.1) is 11.3 Å². The second kappa shape index (κ2) is 8.46. The zero-order valence-corrected chi connectivity index (χ0v) is 17.5. The first-order chi connectivity index (χ1) is 14.5. The number of hydrogen-bond acceptors (Lipinski definition) is 5. The maximum atomic E-state index is 13.2. The van der Waals surface area contributed by atoms with Crippen LogP contribution in [-0.4, -0.2) is 47.8 Å². The van der Waals surface area contributed by atoms with Crippen LogP contribution in [0.3, 0.4) is 0 Å². The normalized spacial score (nSPS) is 14.9. The van der Waals surface area contributed by atoms with E-state index in [9.17, 15) is 18.0 Å². The highest BCUT2D eigenvalue weighted by Gasteiger charge is 2.35. The monoisotopic (exact) mass is 432 g/mol. The summed E-state index contributed by atoms with van der Waals surface area (Å²) in [5, 5.41) is 8.88. The number of pyridine rings is 1. The van der Waals surface area contributed by atoms with Crippen LogP contribution in [-0.2, 0) is 10.9 Å². The number of nitrogens with zero attached hydrogens (tertiary/aromatic N) is 4. The number of anilines is 1. The first-order valence-electron chi connectivity index (χ1n) is 9.78. The van der Waals surface area contributed by atoms with Gasteiger partial charge >= 0.3 is 12.3 Å². The third-order valence-corrected chi connectivity index (χ3v) is 4.80. The molecule has 1 aliphatic heterocycles. The van der Waals surface area contributed by atoms with Crippen LogP contribution in [0.1, 0.15) is 32.0 Å². The Morgan fingerprint density at radius 1 is 1.06 bits per heavy atom. The van der Waals surface area contributed by atoms with Gasteiger partial charge in [0.2, 0.25) is 0 Å². The Labute approximate surface area is 178 Å². The number of rotatable bonds is 2. The van der Waals surface area contributed by atoms with Gasteiger partial charge in [-0.05, 0) is 44.5 Å². The number of benzene rings is 1. The SMILES string of the molecule is CC(C)(C)OC(=O)N1CCN(c2ccc(-c3cnc(C#N)c(C(F)(F)F)c3)cc2)CC1. The molecule has 0 radical (unpaired) electrons. The molecule has 1 amide bonds. The highest BCUT2D eigenvalue weighted by molar-refractivity contribution is 5.69. The van der Waals surface area contributed by atoms with Gasteiger partial charge in [0, 0.05) is 43.6 Å². The van der Waals surface area contributed by atoms with E-state index in [4.69, 9.17) is 10.00 Å². The van der Waals surface area contributed by atoms with Crippen molar-refractivity contribution in [2.45, 2.75) is 32.5 Å². The van der Waals surface area contributed by atoms with E-state index in [-0.39, 0.29) is 11.7 Å². The van der Waals surface area contributed by atoms with Crippen molar-refractivity contribution in [1.29, 1.82) is 5.26 Å². The van der Waals surface area contributed by atoms with Crippen molar-refractivity contribution in [3.05, 3.63) is 47.8 Å². The van der Waals surface area contributed by atoms with Gasteiger partial charge in [-0.3, -0.25) is 0 Å². The first-order valence-corrected chi connectivity index (χ1v) is 9.78. The molecule has 31 heavy (non-hydrogen) atoms. The number of alkyl halides is 3. The molecule has 9 heteroatoms. The minimum atomic E-state index is -4.65. The fraction of sp³-hybridized carbons (Fsp3) is 0.409. The largest absolute Gasteiger partial charge is 0.444 e. The maximum absolute atomic E-state index is 13.2. The summed E-state index contributed by atoms with van der Waals surface area (Å²) in [6, 6.07) is 9.52. The van der Waals surface area contributed by atoms with Crippen molar-refractivity contribution in [1.82, 2.24) is 9.88 Å². The molecule has 164 valence electrons. The number of carbonyl (C=O) groups is 1. The van der Waals surface area contributed by atoms with Crippen molar-refractivity contribution < 1.29 is 22.7 Å². The van der Waals surface area contributed by atoms with Gasteiger partial charge in [-0.2, -0.15) is 18.4 Å². The van der Waals surface area contributed by atoms with Crippen LogP contribution < -0.4 is 4.90 Å². The molecule has 2 aromatic rings. The lowest BCUT2D eigenvalue weighted by molar-refractivity contribution is -0.138. The summed E-state index contributed by atoms with van der Waals surface area (Å²) in [4.78, 5) is 19.6. The molecular formula is C22H23F3N4O2. The zero-order valence-electron chi connectivity index (χ0n) is 17.5. The van der Waals surface area contributed by atoms with E-state index in [1.165, 1.54) is 12.3 Å². The molecule has 0 aliphatic carbocycles. The van der Waals surface area contributed by atoms with E-state index in [1.54, 1.807) is 17.0 Å². The Morgan fingerprint density at radius 3 is 2.19 bits per heavy atom. The molecule has 0 N–H and O–H groups in total. The number of halogens is 3. The third-order valence-electron chi connectivity index (χ3n) is 4.80. The van der Waals surface area contributed by atoms with Crippen LogP contribution >= 0.6 is 0 Å². The van der Waals surface area contributed by atoms with E-state index < -0.39 is 23.0 Å². The number of nitriles is 1. The van der Waals surface area contributed by atoms with E-state index in [2.05, 4.69) is 9.88 Å². The Morgan fingerprint density at radius 2 is 1.68 bits per heavy atom. The van der Waals surface area contributed by atoms with Crippen molar-refractivity contribution in [3.63, 3.8) is 0 Å². The minimum absolute atomic E-state index is 0.285. The van der Waals surface area contributed by atoms with E-state index >= 15 is 0 Å². The summed E-state index contributed by atoms with van der Waals surface area (Å²) in [7, 11) is 0. The van der Waals surface area contributed by atoms with Crippen LogP contribution in [0.5, 0.6) is 0 Å². The number of carbonyl (C=O) groups excluding carboxylic acids is 1. The molecule has 1 aliphatic rings. The van der Waals surface area contributed by atoms with E-state index in [0.717, 1.165) is 11.8 Å². The standard InChI is InChI=1S/C22H23F3N4O2/c1-21(2,3)31-20(30)29-10-8-28(9-11-29)17-6-4-15(5-7-17)16-12-18(22(23,24)25)19(13-26)27-14-16/h4-7,12,14H,8-11H2,1-3H3. The Hall–Kier alpha value is -3.28. The highest BCUT2D eigenvalue weighted by atomic mass is 19.4. The molecule has 1 saturated heterocycles. The molecule has 0 atom stereocenters.